The van der Waals surface area contributed by atoms with E-state index in [-0.39, 0.29) is 11.5 Å². The lowest BCUT2D eigenvalue weighted by molar-refractivity contribution is 0.604. The summed E-state index contributed by atoms with van der Waals surface area (Å²) in [6, 6.07) is 11.2. The van der Waals surface area contributed by atoms with Gasteiger partial charge in [0, 0.05) is 14.2 Å². The minimum Gasteiger partial charge on any atom is -0.309 e. The predicted octanol–water partition coefficient (Wildman–Crippen LogP) is 5.43. The number of thiophene rings is 1. The SMILES string of the molecule is CNC(c1ccc(C(C)(C)C)s1)c1cccc(Br)c1C. The van der Waals surface area contributed by atoms with Crippen molar-refractivity contribution in [2.24, 2.45) is 0 Å². The highest BCUT2D eigenvalue weighted by atomic mass is 79.9. The second kappa shape index (κ2) is 6.00. The van der Waals surface area contributed by atoms with Crippen LogP contribution in [0.2, 0.25) is 0 Å². The van der Waals surface area contributed by atoms with E-state index in [1.54, 1.807) is 0 Å². The van der Waals surface area contributed by atoms with Crippen LogP contribution in [-0.2, 0) is 5.41 Å². The lowest BCUT2D eigenvalue weighted by Gasteiger charge is -2.19. The number of nitrogens with one attached hydrogen (secondary N) is 1. The Kier molecular flexibility index (Phi) is 4.73. The molecule has 108 valence electrons. The number of halogens is 1. The minimum absolute atomic E-state index is 0.216. The van der Waals surface area contributed by atoms with Crippen molar-refractivity contribution in [2.45, 2.75) is 39.2 Å². The molecule has 3 heteroatoms. The Bertz CT molecular complexity index is 595. The summed E-state index contributed by atoms with van der Waals surface area (Å²) in [6.45, 7) is 8.96. The molecule has 0 aliphatic heterocycles. The molecule has 1 unspecified atom stereocenters. The Balaban J connectivity index is 2.43. The first-order chi connectivity index (χ1) is 9.34. The molecule has 0 bridgehead atoms. The Hall–Kier alpha value is -0.640. The van der Waals surface area contributed by atoms with Crippen LogP contribution >= 0.6 is 27.3 Å². The molecule has 0 aliphatic rings. The van der Waals surface area contributed by atoms with Crippen LogP contribution < -0.4 is 5.32 Å². The normalized spacial score (nSPS) is 13.5. The van der Waals surface area contributed by atoms with Crippen molar-refractivity contribution < 1.29 is 0 Å². The van der Waals surface area contributed by atoms with Crippen molar-refractivity contribution in [3.63, 3.8) is 0 Å². The maximum absolute atomic E-state index is 3.63. The minimum atomic E-state index is 0.216. The van der Waals surface area contributed by atoms with E-state index in [9.17, 15) is 0 Å². The molecular formula is C17H22BrNS. The van der Waals surface area contributed by atoms with E-state index in [1.807, 2.05) is 18.4 Å². The molecule has 0 spiro atoms. The Morgan fingerprint density at radius 3 is 2.40 bits per heavy atom. The highest BCUT2D eigenvalue weighted by Crippen LogP contribution is 2.36. The lowest BCUT2D eigenvalue weighted by atomic mass is 9.95. The van der Waals surface area contributed by atoms with Gasteiger partial charge in [0.2, 0.25) is 0 Å². The van der Waals surface area contributed by atoms with Crippen LogP contribution in [0.5, 0.6) is 0 Å². The topological polar surface area (TPSA) is 12.0 Å². The molecule has 20 heavy (non-hydrogen) atoms. The standard InChI is InChI=1S/C17H22BrNS/c1-11-12(7-6-8-13(11)18)16(19-5)14-9-10-15(20-14)17(2,3)4/h6-10,16,19H,1-5H3. The number of rotatable bonds is 3. The Labute approximate surface area is 134 Å². The zero-order chi connectivity index (χ0) is 14.9. The summed E-state index contributed by atoms with van der Waals surface area (Å²) in [4.78, 5) is 2.80. The summed E-state index contributed by atoms with van der Waals surface area (Å²) in [5.74, 6) is 0. The second-order valence-electron chi connectivity index (χ2n) is 6.13. The number of hydrogen-bond acceptors (Lipinski definition) is 2. The van der Waals surface area contributed by atoms with Crippen LogP contribution in [0.3, 0.4) is 0 Å². The van der Waals surface area contributed by atoms with Gasteiger partial charge in [-0.1, -0.05) is 48.8 Å². The molecule has 0 aliphatic carbocycles. The van der Waals surface area contributed by atoms with E-state index in [1.165, 1.54) is 25.4 Å². The molecule has 1 atom stereocenters. The largest absolute Gasteiger partial charge is 0.309 e. The van der Waals surface area contributed by atoms with E-state index in [4.69, 9.17) is 0 Å². The van der Waals surface area contributed by atoms with Gasteiger partial charge in [0.1, 0.15) is 0 Å². The van der Waals surface area contributed by atoms with Gasteiger partial charge in [-0.05, 0) is 48.7 Å². The molecular weight excluding hydrogens is 330 g/mol. The molecule has 1 aromatic heterocycles. The molecule has 2 aromatic rings. The fraction of sp³-hybridized carbons (Fsp3) is 0.412. The second-order valence-corrected chi connectivity index (χ2v) is 8.10. The van der Waals surface area contributed by atoms with Crippen molar-refractivity contribution in [3.8, 4) is 0 Å². The van der Waals surface area contributed by atoms with Crippen LogP contribution in [-0.4, -0.2) is 7.05 Å². The number of benzene rings is 1. The average Bonchev–Trinajstić information content (AvgIpc) is 2.85. The third-order valence-corrected chi connectivity index (χ3v) is 5.99. The Morgan fingerprint density at radius 1 is 1.15 bits per heavy atom. The molecule has 1 heterocycles. The smallest absolute Gasteiger partial charge is 0.0671 e. The first-order valence-electron chi connectivity index (χ1n) is 6.87. The van der Waals surface area contributed by atoms with Gasteiger partial charge in [-0.25, -0.2) is 0 Å². The predicted molar refractivity (Wildman–Crippen MR) is 92.8 cm³/mol. The van der Waals surface area contributed by atoms with Crippen molar-refractivity contribution in [3.05, 3.63) is 55.7 Å². The van der Waals surface area contributed by atoms with E-state index >= 15 is 0 Å². The molecule has 0 radical (unpaired) electrons. The van der Waals surface area contributed by atoms with Crippen molar-refractivity contribution in [1.82, 2.24) is 5.32 Å². The molecule has 1 N–H and O–H groups in total. The van der Waals surface area contributed by atoms with Crippen molar-refractivity contribution in [1.29, 1.82) is 0 Å². The maximum Gasteiger partial charge on any atom is 0.0671 e. The molecule has 1 aromatic carbocycles. The summed E-state index contributed by atoms with van der Waals surface area (Å²) in [7, 11) is 2.03. The third kappa shape index (κ3) is 3.16. The van der Waals surface area contributed by atoms with Crippen LogP contribution in [0.4, 0.5) is 0 Å². The van der Waals surface area contributed by atoms with E-state index in [0.29, 0.717) is 0 Å². The summed E-state index contributed by atoms with van der Waals surface area (Å²) < 4.78 is 1.17. The van der Waals surface area contributed by atoms with Gasteiger partial charge in [0.05, 0.1) is 6.04 Å². The lowest BCUT2D eigenvalue weighted by Crippen LogP contribution is -2.17. The van der Waals surface area contributed by atoms with Gasteiger partial charge in [0.15, 0.2) is 0 Å². The molecule has 1 nitrogen and oxygen atoms in total. The summed E-state index contributed by atoms with van der Waals surface area (Å²) >= 11 is 5.53. The fourth-order valence-electron chi connectivity index (χ4n) is 2.30. The average molecular weight is 352 g/mol. The third-order valence-electron chi connectivity index (χ3n) is 3.56. The summed E-state index contributed by atoms with van der Waals surface area (Å²) in [5.41, 5.74) is 2.86. The van der Waals surface area contributed by atoms with Crippen molar-refractivity contribution in [2.75, 3.05) is 7.05 Å². The zero-order valence-corrected chi connectivity index (χ0v) is 15.2. The van der Waals surface area contributed by atoms with E-state index < -0.39 is 0 Å². The quantitative estimate of drug-likeness (QED) is 0.777. The van der Waals surface area contributed by atoms with Gasteiger partial charge in [-0.15, -0.1) is 11.3 Å². The molecule has 0 saturated heterocycles. The van der Waals surface area contributed by atoms with Gasteiger partial charge in [-0.2, -0.15) is 0 Å². The monoisotopic (exact) mass is 351 g/mol. The van der Waals surface area contributed by atoms with Crippen molar-refractivity contribution >= 4 is 27.3 Å². The van der Waals surface area contributed by atoms with Crippen LogP contribution in [0.15, 0.2) is 34.8 Å². The van der Waals surface area contributed by atoms with Crippen LogP contribution in [0, 0.1) is 6.92 Å². The first-order valence-corrected chi connectivity index (χ1v) is 8.48. The molecule has 2 rings (SSSR count). The van der Waals surface area contributed by atoms with Crippen LogP contribution in [0.25, 0.3) is 0 Å². The number of hydrogen-bond donors (Lipinski definition) is 1. The highest BCUT2D eigenvalue weighted by molar-refractivity contribution is 9.10. The van der Waals surface area contributed by atoms with Gasteiger partial charge >= 0.3 is 0 Å². The van der Waals surface area contributed by atoms with Gasteiger partial charge in [0.25, 0.3) is 0 Å². The van der Waals surface area contributed by atoms with Gasteiger partial charge in [-0.3, -0.25) is 0 Å². The van der Waals surface area contributed by atoms with E-state index in [2.05, 4.69) is 79.3 Å². The Morgan fingerprint density at radius 2 is 1.85 bits per heavy atom. The van der Waals surface area contributed by atoms with Gasteiger partial charge < -0.3 is 5.32 Å². The highest BCUT2D eigenvalue weighted by Gasteiger charge is 2.21. The first kappa shape index (κ1) is 15.7. The molecule has 0 saturated carbocycles. The molecule has 0 amide bonds. The molecule has 0 fully saturated rings. The zero-order valence-electron chi connectivity index (χ0n) is 12.8. The maximum atomic E-state index is 3.63. The fourth-order valence-corrected chi connectivity index (χ4v) is 3.88. The summed E-state index contributed by atoms with van der Waals surface area (Å²) in [6.07, 6.45) is 0. The van der Waals surface area contributed by atoms with E-state index in [0.717, 1.165) is 0 Å². The summed E-state index contributed by atoms with van der Waals surface area (Å²) in [5, 5.41) is 3.46. The van der Waals surface area contributed by atoms with Crippen LogP contribution in [0.1, 0.15) is 47.7 Å².